The van der Waals surface area contributed by atoms with Crippen LogP contribution in [0.2, 0.25) is 0 Å². The van der Waals surface area contributed by atoms with E-state index >= 15 is 0 Å². The van der Waals surface area contributed by atoms with Gasteiger partial charge in [-0.1, -0.05) is 12.1 Å². The molecule has 11 nitrogen and oxygen atoms in total. The normalized spacial score (nSPS) is 11.4. The average molecular weight is 616 g/mol. The maximum absolute atomic E-state index is 14.0. The highest BCUT2D eigenvalue weighted by atomic mass is 31.1. The second kappa shape index (κ2) is 14.1. The molecule has 0 aliphatic heterocycles. The molecule has 4 rings (SSSR count). The van der Waals surface area contributed by atoms with E-state index in [1.165, 1.54) is 13.2 Å². The number of rotatable bonds is 13. The molecule has 1 amide bonds. The monoisotopic (exact) mass is 615 g/mol. The third kappa shape index (κ3) is 7.85. The lowest BCUT2D eigenvalue weighted by Crippen LogP contribution is -2.24. The van der Waals surface area contributed by atoms with Crippen molar-refractivity contribution in [2.24, 2.45) is 0 Å². The molecule has 0 bridgehead atoms. The van der Waals surface area contributed by atoms with Gasteiger partial charge in [0.05, 0.1) is 36.4 Å². The molecule has 0 radical (unpaired) electrons. The molecule has 2 aromatic carbocycles. The molecule has 0 aliphatic carbocycles. The van der Waals surface area contributed by atoms with Crippen LogP contribution < -0.4 is 20.7 Å². The molecule has 4 N–H and O–H groups in total. The predicted molar refractivity (Wildman–Crippen MR) is 155 cm³/mol. The van der Waals surface area contributed by atoms with Crippen LogP contribution in [0.3, 0.4) is 0 Å². The Hall–Kier alpha value is -4.55. The predicted octanol–water partition coefficient (Wildman–Crippen LogP) is 5.78. The number of hydrogen-bond donors (Lipinski definition) is 4. The van der Waals surface area contributed by atoms with Crippen LogP contribution in [0, 0.1) is 0 Å². The number of carbonyl (C=O) groups is 1. The third-order valence-electron chi connectivity index (χ3n) is 6.22. The van der Waals surface area contributed by atoms with Crippen molar-refractivity contribution in [1.82, 2.24) is 25.1 Å². The van der Waals surface area contributed by atoms with Crippen LogP contribution in [0.5, 0.6) is 5.75 Å². The van der Waals surface area contributed by atoms with Crippen molar-refractivity contribution in [3.05, 3.63) is 71.7 Å². The zero-order chi connectivity index (χ0) is 31.0. The van der Waals surface area contributed by atoms with E-state index in [9.17, 15) is 22.5 Å². The van der Waals surface area contributed by atoms with Crippen molar-refractivity contribution in [1.29, 1.82) is 0 Å². The quantitative estimate of drug-likeness (QED) is 0.138. The summed E-state index contributed by atoms with van der Waals surface area (Å²) in [5.74, 6) is -0.869. The molecule has 226 valence electrons. The number of amides is 1. The van der Waals surface area contributed by atoms with E-state index in [1.54, 1.807) is 54.3 Å². The second-order valence-corrected chi connectivity index (χ2v) is 9.79. The number of nitrogens with one attached hydrogen (secondary N) is 3. The van der Waals surface area contributed by atoms with E-state index in [2.05, 4.69) is 31.0 Å². The molecule has 2 aromatic heterocycles. The Morgan fingerprint density at radius 3 is 2.58 bits per heavy atom. The standard InChI is InChI=1S/C28H29F3N7O4P/c1-3-32-26(40)20-12-18(19-13-34-38(15-19)9-4-10-39)6-8-22(20)35-25-21(28(29,30)31)14-33-27(37-25)36-23-7-5-17(16-43-41)11-24(23)42-2/h5-8,11-15,39H,3-4,9-10,16H2,1-2H3,(H,32,40)(H2,33,35,36,37). The highest BCUT2D eigenvalue weighted by molar-refractivity contribution is 7.22. The first kappa shape index (κ1) is 31.4. The summed E-state index contributed by atoms with van der Waals surface area (Å²) < 4.78 is 60.0. The number of hydrogen-bond acceptors (Lipinski definition) is 9. The number of ether oxygens (including phenoxy) is 1. The maximum Gasteiger partial charge on any atom is 0.421 e. The van der Waals surface area contributed by atoms with Crippen LogP contribution in [-0.2, 0) is 23.4 Å². The van der Waals surface area contributed by atoms with E-state index in [-0.39, 0.29) is 38.4 Å². The fourth-order valence-corrected chi connectivity index (χ4v) is 4.49. The van der Waals surface area contributed by atoms with Gasteiger partial charge < -0.3 is 25.8 Å². The van der Waals surface area contributed by atoms with Crippen LogP contribution in [0.1, 0.15) is 34.8 Å². The van der Waals surface area contributed by atoms with Crippen molar-refractivity contribution >= 4 is 37.5 Å². The van der Waals surface area contributed by atoms with Gasteiger partial charge in [0.15, 0.2) is 8.46 Å². The fraction of sp³-hybridized carbons (Fsp3) is 0.286. The first-order valence-corrected chi connectivity index (χ1v) is 14.2. The molecule has 0 unspecified atom stereocenters. The Morgan fingerprint density at radius 2 is 1.88 bits per heavy atom. The number of aliphatic hydroxyl groups excluding tert-OH is 1. The molecular weight excluding hydrogens is 586 g/mol. The molecule has 15 heteroatoms. The number of carbonyl (C=O) groups excluding carboxylic acids is 1. The molecule has 0 spiro atoms. The first-order chi connectivity index (χ1) is 20.7. The molecule has 0 atom stereocenters. The Morgan fingerprint density at radius 1 is 1.09 bits per heavy atom. The molecule has 0 saturated carbocycles. The Bertz CT molecular complexity index is 1600. The van der Waals surface area contributed by atoms with Gasteiger partial charge in [-0.05, 0) is 48.7 Å². The number of benzene rings is 2. The summed E-state index contributed by atoms with van der Waals surface area (Å²) in [7, 11) is 1.35. The summed E-state index contributed by atoms with van der Waals surface area (Å²) in [6.07, 6.45) is -0.00912. The van der Waals surface area contributed by atoms with Gasteiger partial charge in [0, 0.05) is 37.7 Å². The molecule has 43 heavy (non-hydrogen) atoms. The van der Waals surface area contributed by atoms with Crippen molar-refractivity contribution in [3.63, 3.8) is 0 Å². The molecule has 0 saturated heterocycles. The highest BCUT2D eigenvalue weighted by Gasteiger charge is 2.36. The van der Waals surface area contributed by atoms with Gasteiger partial charge in [-0.15, -0.1) is 0 Å². The second-order valence-electron chi connectivity index (χ2n) is 9.21. The van der Waals surface area contributed by atoms with Crippen molar-refractivity contribution in [2.75, 3.05) is 30.9 Å². The Labute approximate surface area is 246 Å². The molecular formula is C28H29F3N7O4P. The number of aliphatic hydroxyl groups is 1. The van der Waals surface area contributed by atoms with Gasteiger partial charge in [-0.25, -0.2) is 4.98 Å². The van der Waals surface area contributed by atoms with E-state index in [0.29, 0.717) is 48.3 Å². The van der Waals surface area contributed by atoms with Crippen molar-refractivity contribution in [2.45, 2.75) is 32.2 Å². The molecule has 0 aliphatic rings. The topological polar surface area (TPSA) is 143 Å². The molecule has 4 aromatic rings. The zero-order valence-electron chi connectivity index (χ0n) is 23.3. The number of aryl methyl sites for hydroxylation is 1. The van der Waals surface area contributed by atoms with E-state index in [1.807, 2.05) is 0 Å². The average Bonchev–Trinajstić information content (AvgIpc) is 3.46. The molecule has 2 heterocycles. The SMILES string of the molecule is CCNC(=O)c1cc(-c2cnn(CCCO)c2)ccc1Nc1nc(Nc2ccc(CP=O)cc2OC)ncc1C(F)(F)F. The lowest BCUT2D eigenvalue weighted by Gasteiger charge is -2.18. The van der Waals surface area contributed by atoms with Gasteiger partial charge in [-0.2, -0.15) is 23.3 Å². The number of methoxy groups -OCH3 is 1. The van der Waals surface area contributed by atoms with Gasteiger partial charge in [0.1, 0.15) is 17.1 Å². The number of anilines is 4. The largest absolute Gasteiger partial charge is 0.495 e. The smallest absolute Gasteiger partial charge is 0.421 e. The molecule has 0 fully saturated rings. The van der Waals surface area contributed by atoms with Gasteiger partial charge in [0.25, 0.3) is 5.91 Å². The van der Waals surface area contributed by atoms with Crippen LogP contribution in [0.15, 0.2) is 55.0 Å². The zero-order valence-corrected chi connectivity index (χ0v) is 24.2. The lowest BCUT2D eigenvalue weighted by molar-refractivity contribution is -0.137. The summed E-state index contributed by atoms with van der Waals surface area (Å²) in [4.78, 5) is 21.0. The van der Waals surface area contributed by atoms with Crippen LogP contribution in [0.25, 0.3) is 11.1 Å². The third-order valence-corrected chi connectivity index (χ3v) is 6.71. The summed E-state index contributed by atoms with van der Waals surface area (Å²) in [5.41, 5.74) is 1.48. The Kier molecular flexibility index (Phi) is 10.3. The van der Waals surface area contributed by atoms with Gasteiger partial charge in [-0.3, -0.25) is 14.0 Å². The number of aromatic nitrogens is 4. The van der Waals surface area contributed by atoms with E-state index in [4.69, 9.17) is 9.84 Å². The maximum atomic E-state index is 14.0. The summed E-state index contributed by atoms with van der Waals surface area (Å²) in [6.45, 7) is 2.54. The minimum absolute atomic E-state index is 0.0131. The van der Waals surface area contributed by atoms with Gasteiger partial charge >= 0.3 is 6.18 Å². The van der Waals surface area contributed by atoms with E-state index < -0.39 is 23.5 Å². The Balaban J connectivity index is 1.71. The summed E-state index contributed by atoms with van der Waals surface area (Å²) in [6, 6.07) is 9.66. The van der Waals surface area contributed by atoms with Crippen LogP contribution >= 0.6 is 8.46 Å². The summed E-state index contributed by atoms with van der Waals surface area (Å²) >= 11 is 0. The highest BCUT2D eigenvalue weighted by Crippen LogP contribution is 2.37. The fourth-order valence-electron chi connectivity index (χ4n) is 4.15. The summed E-state index contributed by atoms with van der Waals surface area (Å²) in [5, 5.41) is 21.6. The first-order valence-electron chi connectivity index (χ1n) is 13.2. The van der Waals surface area contributed by atoms with Gasteiger partial charge in [0.2, 0.25) is 5.95 Å². The van der Waals surface area contributed by atoms with Crippen molar-refractivity contribution < 1.29 is 32.4 Å². The van der Waals surface area contributed by atoms with Crippen LogP contribution in [-0.4, -0.2) is 51.0 Å². The number of alkyl halides is 3. The number of nitrogens with zero attached hydrogens (tertiary/aromatic N) is 4. The lowest BCUT2D eigenvalue weighted by atomic mass is 10.0. The van der Waals surface area contributed by atoms with Crippen molar-refractivity contribution in [3.8, 4) is 16.9 Å². The minimum atomic E-state index is -4.80. The minimum Gasteiger partial charge on any atom is -0.495 e. The number of halogens is 3. The van der Waals surface area contributed by atoms with Crippen LogP contribution in [0.4, 0.5) is 36.3 Å². The van der Waals surface area contributed by atoms with E-state index in [0.717, 1.165) is 5.56 Å².